The first kappa shape index (κ1) is 12.2. The van der Waals surface area contributed by atoms with Gasteiger partial charge >= 0.3 is 5.97 Å². The molecule has 4 nitrogen and oxygen atoms in total. The van der Waals surface area contributed by atoms with Gasteiger partial charge in [-0.1, -0.05) is 6.07 Å². The number of nitrogens with one attached hydrogen (secondary N) is 1. The lowest BCUT2D eigenvalue weighted by atomic mass is 10.1. The minimum absolute atomic E-state index is 0.363. The number of carbonyl (C=O) groups excluding carboxylic acids is 1. The highest BCUT2D eigenvalue weighted by molar-refractivity contribution is 5.96. The summed E-state index contributed by atoms with van der Waals surface area (Å²) in [7, 11) is 0. The van der Waals surface area contributed by atoms with E-state index in [9.17, 15) is 9.59 Å². The molecule has 0 heterocycles. The Morgan fingerprint density at radius 2 is 1.88 bits per heavy atom. The van der Waals surface area contributed by atoms with Gasteiger partial charge in [-0.15, -0.1) is 0 Å². The van der Waals surface area contributed by atoms with Gasteiger partial charge in [0.2, 0.25) is 0 Å². The van der Waals surface area contributed by atoms with E-state index in [1.807, 2.05) is 19.9 Å². The molecule has 0 fully saturated rings. The molecule has 1 atom stereocenters. The lowest BCUT2D eigenvalue weighted by Gasteiger charge is -2.10. The molecule has 0 radical (unpaired) electrons. The zero-order valence-electron chi connectivity index (χ0n) is 9.57. The summed E-state index contributed by atoms with van der Waals surface area (Å²) in [6.45, 7) is 5.30. The number of aliphatic carboxylic acids is 1. The topological polar surface area (TPSA) is 66.4 Å². The summed E-state index contributed by atoms with van der Waals surface area (Å²) in [5, 5.41) is 11.1. The summed E-state index contributed by atoms with van der Waals surface area (Å²) in [5.74, 6) is -1.41. The van der Waals surface area contributed by atoms with Crippen molar-refractivity contribution in [1.29, 1.82) is 0 Å². The van der Waals surface area contributed by atoms with Crippen molar-refractivity contribution in [2.75, 3.05) is 0 Å². The Balaban J connectivity index is 2.81. The molecule has 0 saturated carbocycles. The maximum atomic E-state index is 11.6. The highest BCUT2D eigenvalue weighted by atomic mass is 16.4. The van der Waals surface area contributed by atoms with E-state index in [2.05, 4.69) is 5.32 Å². The molecule has 2 N–H and O–H groups in total. The van der Waals surface area contributed by atoms with Crippen LogP contribution in [-0.4, -0.2) is 23.0 Å². The van der Waals surface area contributed by atoms with Crippen molar-refractivity contribution in [3.05, 3.63) is 34.9 Å². The molecule has 16 heavy (non-hydrogen) atoms. The molecule has 0 aliphatic heterocycles. The molecule has 1 aromatic rings. The van der Waals surface area contributed by atoms with Crippen LogP contribution in [-0.2, 0) is 4.79 Å². The Bertz CT molecular complexity index is 426. The molecule has 86 valence electrons. The molecule has 4 heteroatoms. The number of amides is 1. The third kappa shape index (κ3) is 2.82. The van der Waals surface area contributed by atoms with Gasteiger partial charge < -0.3 is 10.4 Å². The van der Waals surface area contributed by atoms with Crippen LogP contribution in [0, 0.1) is 13.8 Å². The summed E-state index contributed by atoms with van der Waals surface area (Å²) >= 11 is 0. The summed E-state index contributed by atoms with van der Waals surface area (Å²) in [6.07, 6.45) is 0. The van der Waals surface area contributed by atoms with E-state index in [-0.39, 0.29) is 5.91 Å². The van der Waals surface area contributed by atoms with Gasteiger partial charge in [-0.3, -0.25) is 9.59 Å². The molecule has 0 bridgehead atoms. The number of carboxylic acids is 1. The Morgan fingerprint density at radius 3 is 2.38 bits per heavy atom. The molecule has 0 saturated heterocycles. The molecule has 0 aromatic heterocycles. The van der Waals surface area contributed by atoms with Crippen LogP contribution in [0.1, 0.15) is 28.4 Å². The first-order valence-corrected chi connectivity index (χ1v) is 5.02. The SMILES string of the molecule is Cc1ccc(C(=O)NC(C)C(=O)O)cc1C. The van der Waals surface area contributed by atoms with Crippen LogP contribution in [0.15, 0.2) is 18.2 Å². The Hall–Kier alpha value is -1.84. The largest absolute Gasteiger partial charge is 0.480 e. The molecule has 1 aromatic carbocycles. The third-order valence-corrected chi connectivity index (χ3v) is 2.49. The predicted molar refractivity (Wildman–Crippen MR) is 60.5 cm³/mol. The maximum absolute atomic E-state index is 11.6. The quantitative estimate of drug-likeness (QED) is 0.813. The van der Waals surface area contributed by atoms with E-state index in [0.717, 1.165) is 11.1 Å². The van der Waals surface area contributed by atoms with Crippen molar-refractivity contribution in [2.45, 2.75) is 26.8 Å². The minimum Gasteiger partial charge on any atom is -0.480 e. The van der Waals surface area contributed by atoms with Gasteiger partial charge in [-0.05, 0) is 44.0 Å². The fraction of sp³-hybridized carbons (Fsp3) is 0.333. The lowest BCUT2D eigenvalue weighted by Crippen LogP contribution is -2.38. The van der Waals surface area contributed by atoms with Crippen LogP contribution in [0.5, 0.6) is 0 Å². The third-order valence-electron chi connectivity index (χ3n) is 2.49. The van der Waals surface area contributed by atoms with Crippen LogP contribution in [0.25, 0.3) is 0 Å². The van der Waals surface area contributed by atoms with E-state index in [0.29, 0.717) is 5.56 Å². The molecular weight excluding hydrogens is 206 g/mol. The van der Waals surface area contributed by atoms with E-state index in [1.165, 1.54) is 6.92 Å². The van der Waals surface area contributed by atoms with Gasteiger partial charge in [-0.2, -0.15) is 0 Å². The van der Waals surface area contributed by atoms with Crippen molar-refractivity contribution in [1.82, 2.24) is 5.32 Å². The van der Waals surface area contributed by atoms with Gasteiger partial charge in [0.25, 0.3) is 5.91 Å². The highest BCUT2D eigenvalue weighted by Gasteiger charge is 2.15. The van der Waals surface area contributed by atoms with Crippen LogP contribution >= 0.6 is 0 Å². The summed E-state index contributed by atoms with van der Waals surface area (Å²) in [6, 6.07) is 4.40. The minimum atomic E-state index is -1.04. The molecule has 1 rings (SSSR count). The zero-order chi connectivity index (χ0) is 12.3. The average molecular weight is 221 g/mol. The normalized spacial score (nSPS) is 11.9. The first-order chi connectivity index (χ1) is 7.41. The van der Waals surface area contributed by atoms with Gasteiger partial charge in [0.1, 0.15) is 6.04 Å². The molecule has 0 aliphatic rings. The molecule has 0 spiro atoms. The number of hydrogen-bond acceptors (Lipinski definition) is 2. The molecule has 0 aliphatic carbocycles. The summed E-state index contributed by atoms with van der Waals surface area (Å²) in [5.41, 5.74) is 2.59. The lowest BCUT2D eigenvalue weighted by molar-refractivity contribution is -0.138. The Kier molecular flexibility index (Phi) is 3.66. The van der Waals surface area contributed by atoms with E-state index in [1.54, 1.807) is 12.1 Å². The van der Waals surface area contributed by atoms with Crippen molar-refractivity contribution < 1.29 is 14.7 Å². The summed E-state index contributed by atoms with van der Waals surface area (Å²) < 4.78 is 0. The smallest absolute Gasteiger partial charge is 0.325 e. The van der Waals surface area contributed by atoms with Gasteiger partial charge in [0, 0.05) is 5.56 Å². The average Bonchev–Trinajstić information content (AvgIpc) is 2.21. The number of aryl methyl sites for hydroxylation is 2. The predicted octanol–water partition coefficient (Wildman–Crippen LogP) is 1.51. The molecule has 1 amide bonds. The molecular formula is C12H15NO3. The van der Waals surface area contributed by atoms with Crippen molar-refractivity contribution in [3.8, 4) is 0 Å². The zero-order valence-corrected chi connectivity index (χ0v) is 9.57. The standard InChI is InChI=1S/C12H15NO3/c1-7-4-5-10(6-8(7)2)11(14)13-9(3)12(15)16/h4-6,9H,1-3H3,(H,13,14)(H,15,16). The van der Waals surface area contributed by atoms with Crippen LogP contribution < -0.4 is 5.32 Å². The monoisotopic (exact) mass is 221 g/mol. The van der Waals surface area contributed by atoms with E-state index in [4.69, 9.17) is 5.11 Å². The van der Waals surface area contributed by atoms with Gasteiger partial charge in [0.05, 0.1) is 0 Å². The number of hydrogen-bond donors (Lipinski definition) is 2. The number of benzene rings is 1. The maximum Gasteiger partial charge on any atom is 0.325 e. The second-order valence-electron chi connectivity index (χ2n) is 3.83. The fourth-order valence-electron chi connectivity index (χ4n) is 1.22. The van der Waals surface area contributed by atoms with Crippen LogP contribution in [0.2, 0.25) is 0 Å². The van der Waals surface area contributed by atoms with Crippen molar-refractivity contribution in [2.24, 2.45) is 0 Å². The number of carbonyl (C=O) groups is 2. The van der Waals surface area contributed by atoms with Crippen molar-refractivity contribution in [3.63, 3.8) is 0 Å². The van der Waals surface area contributed by atoms with Crippen LogP contribution in [0.3, 0.4) is 0 Å². The second kappa shape index (κ2) is 4.79. The van der Waals surface area contributed by atoms with Gasteiger partial charge in [-0.25, -0.2) is 0 Å². The van der Waals surface area contributed by atoms with Crippen molar-refractivity contribution >= 4 is 11.9 Å². The van der Waals surface area contributed by atoms with E-state index >= 15 is 0 Å². The number of rotatable bonds is 3. The van der Waals surface area contributed by atoms with E-state index < -0.39 is 12.0 Å². The second-order valence-corrected chi connectivity index (χ2v) is 3.83. The fourth-order valence-corrected chi connectivity index (χ4v) is 1.22. The Labute approximate surface area is 94.3 Å². The Morgan fingerprint density at radius 1 is 1.25 bits per heavy atom. The number of carboxylic acid groups (broad SMARTS) is 1. The van der Waals surface area contributed by atoms with Gasteiger partial charge in [0.15, 0.2) is 0 Å². The van der Waals surface area contributed by atoms with Crippen LogP contribution in [0.4, 0.5) is 0 Å². The first-order valence-electron chi connectivity index (χ1n) is 5.02. The summed E-state index contributed by atoms with van der Waals surface area (Å²) in [4.78, 5) is 22.2. The molecule has 1 unspecified atom stereocenters. The highest BCUT2D eigenvalue weighted by Crippen LogP contribution is 2.09.